The predicted octanol–water partition coefficient (Wildman–Crippen LogP) is 5.27. The average Bonchev–Trinajstić information content (AvgIpc) is 2.52. The lowest BCUT2D eigenvalue weighted by Crippen LogP contribution is -2.00. The van der Waals surface area contributed by atoms with E-state index < -0.39 is 17.5 Å². The number of hydrogen-bond donors (Lipinski definition) is 1. The third-order valence-electron chi connectivity index (χ3n) is 3.31. The first kappa shape index (κ1) is 16.3. The minimum atomic E-state index is -0.978. The van der Waals surface area contributed by atoms with Crippen molar-refractivity contribution >= 4 is 23.1 Å². The molecule has 0 amide bonds. The minimum absolute atomic E-state index is 0.131. The molecule has 122 valence electrons. The second kappa shape index (κ2) is 6.49. The van der Waals surface area contributed by atoms with Crippen LogP contribution in [0.2, 0.25) is 5.15 Å². The molecule has 24 heavy (non-hydrogen) atoms. The molecule has 0 spiro atoms. The molecule has 0 bridgehead atoms. The van der Waals surface area contributed by atoms with E-state index in [1.165, 1.54) is 24.3 Å². The standard InChI is InChI=1S/C17H11ClF3N3/c1-9-5-12(20)13(21)7-14(9)22-16-8-15(18)23-17(24-16)10-3-2-4-11(19)6-10/h2-8H,1H3,(H,22,23,24). The topological polar surface area (TPSA) is 37.8 Å². The van der Waals surface area contributed by atoms with Crippen molar-refractivity contribution in [2.24, 2.45) is 0 Å². The molecule has 0 aliphatic rings. The van der Waals surface area contributed by atoms with Crippen LogP contribution in [0.5, 0.6) is 0 Å². The van der Waals surface area contributed by atoms with Crippen molar-refractivity contribution in [2.75, 3.05) is 5.32 Å². The van der Waals surface area contributed by atoms with Gasteiger partial charge in [-0.15, -0.1) is 0 Å². The molecule has 0 aliphatic heterocycles. The predicted molar refractivity (Wildman–Crippen MR) is 86.8 cm³/mol. The highest BCUT2D eigenvalue weighted by molar-refractivity contribution is 6.29. The van der Waals surface area contributed by atoms with Gasteiger partial charge in [0.25, 0.3) is 0 Å². The van der Waals surface area contributed by atoms with Crippen LogP contribution < -0.4 is 5.32 Å². The summed E-state index contributed by atoms with van der Waals surface area (Å²) in [6, 6.07) is 9.29. The molecule has 1 heterocycles. The van der Waals surface area contributed by atoms with Crippen molar-refractivity contribution in [3.05, 3.63) is 70.6 Å². The highest BCUT2D eigenvalue weighted by Crippen LogP contribution is 2.26. The fourth-order valence-corrected chi connectivity index (χ4v) is 2.34. The lowest BCUT2D eigenvalue weighted by Gasteiger charge is -2.11. The van der Waals surface area contributed by atoms with Gasteiger partial charge in [0.2, 0.25) is 0 Å². The van der Waals surface area contributed by atoms with Gasteiger partial charge in [-0.3, -0.25) is 0 Å². The first-order valence-corrected chi connectivity index (χ1v) is 7.33. The van der Waals surface area contributed by atoms with Crippen molar-refractivity contribution < 1.29 is 13.2 Å². The van der Waals surface area contributed by atoms with Crippen molar-refractivity contribution in [3.8, 4) is 11.4 Å². The molecule has 3 nitrogen and oxygen atoms in total. The number of nitrogens with one attached hydrogen (secondary N) is 1. The molecule has 2 aromatic carbocycles. The van der Waals surface area contributed by atoms with Crippen LogP contribution in [0.4, 0.5) is 24.7 Å². The van der Waals surface area contributed by atoms with E-state index in [-0.39, 0.29) is 16.8 Å². The Morgan fingerprint density at radius 1 is 0.958 bits per heavy atom. The van der Waals surface area contributed by atoms with Crippen LogP contribution in [0.1, 0.15) is 5.56 Å². The molecular formula is C17H11ClF3N3. The van der Waals surface area contributed by atoms with Gasteiger partial charge in [0.15, 0.2) is 17.5 Å². The average molecular weight is 350 g/mol. The Kier molecular flexibility index (Phi) is 4.40. The second-order valence-electron chi connectivity index (χ2n) is 5.12. The molecule has 3 aromatic rings. The van der Waals surface area contributed by atoms with E-state index >= 15 is 0 Å². The van der Waals surface area contributed by atoms with E-state index in [1.807, 2.05) is 0 Å². The first-order valence-electron chi connectivity index (χ1n) is 6.95. The summed E-state index contributed by atoms with van der Waals surface area (Å²) >= 11 is 5.98. The zero-order valence-electron chi connectivity index (χ0n) is 12.4. The zero-order chi connectivity index (χ0) is 17.3. The second-order valence-corrected chi connectivity index (χ2v) is 5.50. The van der Waals surface area contributed by atoms with Crippen LogP contribution >= 0.6 is 11.6 Å². The Labute approximate surface area is 141 Å². The van der Waals surface area contributed by atoms with Gasteiger partial charge >= 0.3 is 0 Å². The minimum Gasteiger partial charge on any atom is -0.340 e. The van der Waals surface area contributed by atoms with E-state index in [2.05, 4.69) is 15.3 Å². The van der Waals surface area contributed by atoms with E-state index in [0.29, 0.717) is 16.8 Å². The van der Waals surface area contributed by atoms with Crippen molar-refractivity contribution in [2.45, 2.75) is 6.92 Å². The number of rotatable bonds is 3. The Morgan fingerprint density at radius 2 is 1.71 bits per heavy atom. The number of aromatic nitrogens is 2. The van der Waals surface area contributed by atoms with Crippen LogP contribution in [-0.2, 0) is 0 Å². The zero-order valence-corrected chi connectivity index (χ0v) is 13.2. The third-order valence-corrected chi connectivity index (χ3v) is 3.50. The van der Waals surface area contributed by atoms with Gasteiger partial charge in [0, 0.05) is 23.4 Å². The highest BCUT2D eigenvalue weighted by atomic mass is 35.5. The Morgan fingerprint density at radius 3 is 2.46 bits per heavy atom. The number of aryl methyl sites for hydroxylation is 1. The van der Waals surface area contributed by atoms with E-state index in [1.54, 1.807) is 13.0 Å². The van der Waals surface area contributed by atoms with Crippen LogP contribution in [0, 0.1) is 24.4 Å². The van der Waals surface area contributed by atoms with E-state index in [0.717, 1.165) is 12.1 Å². The molecule has 7 heteroatoms. The van der Waals surface area contributed by atoms with Gasteiger partial charge in [-0.25, -0.2) is 23.1 Å². The Bertz CT molecular complexity index is 916. The van der Waals surface area contributed by atoms with Gasteiger partial charge in [-0.2, -0.15) is 0 Å². The quantitative estimate of drug-likeness (QED) is 0.655. The maximum Gasteiger partial charge on any atom is 0.163 e. The molecule has 1 N–H and O–H groups in total. The Balaban J connectivity index is 1.99. The monoisotopic (exact) mass is 349 g/mol. The lowest BCUT2D eigenvalue weighted by atomic mass is 10.2. The number of hydrogen-bond acceptors (Lipinski definition) is 3. The summed E-state index contributed by atoms with van der Waals surface area (Å²) in [5, 5.41) is 3.00. The van der Waals surface area contributed by atoms with Gasteiger partial charge in [-0.1, -0.05) is 23.7 Å². The number of benzene rings is 2. The number of anilines is 2. The molecule has 0 radical (unpaired) electrons. The van der Waals surface area contributed by atoms with E-state index in [4.69, 9.17) is 11.6 Å². The van der Waals surface area contributed by atoms with Crippen molar-refractivity contribution in [3.63, 3.8) is 0 Å². The largest absolute Gasteiger partial charge is 0.340 e. The summed E-state index contributed by atoms with van der Waals surface area (Å²) in [7, 11) is 0. The molecule has 3 rings (SSSR count). The van der Waals surface area contributed by atoms with Crippen molar-refractivity contribution in [1.82, 2.24) is 9.97 Å². The molecule has 0 fully saturated rings. The SMILES string of the molecule is Cc1cc(F)c(F)cc1Nc1cc(Cl)nc(-c2cccc(F)c2)n1. The smallest absolute Gasteiger partial charge is 0.163 e. The summed E-state index contributed by atoms with van der Waals surface area (Å²) in [5.41, 5.74) is 1.28. The van der Waals surface area contributed by atoms with Crippen molar-refractivity contribution in [1.29, 1.82) is 0 Å². The van der Waals surface area contributed by atoms with Gasteiger partial charge < -0.3 is 5.32 Å². The molecule has 0 unspecified atom stereocenters. The molecule has 0 aliphatic carbocycles. The lowest BCUT2D eigenvalue weighted by molar-refractivity contribution is 0.508. The first-order chi connectivity index (χ1) is 11.4. The summed E-state index contributed by atoms with van der Waals surface area (Å²) in [5.74, 6) is -1.84. The highest BCUT2D eigenvalue weighted by Gasteiger charge is 2.10. The summed E-state index contributed by atoms with van der Waals surface area (Å²) in [6.07, 6.45) is 0. The fourth-order valence-electron chi connectivity index (χ4n) is 2.16. The van der Waals surface area contributed by atoms with Crippen LogP contribution in [0.15, 0.2) is 42.5 Å². The van der Waals surface area contributed by atoms with Crippen LogP contribution in [0.3, 0.4) is 0 Å². The van der Waals surface area contributed by atoms with Gasteiger partial charge in [-0.05, 0) is 30.7 Å². The molecule has 0 saturated carbocycles. The number of halogens is 4. The molecule has 1 aromatic heterocycles. The number of nitrogens with zero attached hydrogens (tertiary/aromatic N) is 2. The summed E-state index contributed by atoms with van der Waals surface area (Å²) in [6.45, 7) is 1.63. The van der Waals surface area contributed by atoms with Gasteiger partial charge in [0.05, 0.1) is 0 Å². The summed E-state index contributed by atoms with van der Waals surface area (Å²) < 4.78 is 40.0. The molecular weight excluding hydrogens is 339 g/mol. The van der Waals surface area contributed by atoms with Crippen LogP contribution in [-0.4, -0.2) is 9.97 Å². The van der Waals surface area contributed by atoms with E-state index in [9.17, 15) is 13.2 Å². The maximum atomic E-state index is 13.4. The van der Waals surface area contributed by atoms with Crippen LogP contribution in [0.25, 0.3) is 11.4 Å². The molecule has 0 saturated heterocycles. The van der Waals surface area contributed by atoms with Gasteiger partial charge in [0.1, 0.15) is 16.8 Å². The normalized spacial score (nSPS) is 10.7. The fraction of sp³-hybridized carbons (Fsp3) is 0.0588. The maximum absolute atomic E-state index is 13.4. The third kappa shape index (κ3) is 3.49. The summed E-state index contributed by atoms with van der Waals surface area (Å²) in [4.78, 5) is 8.30. The molecule has 0 atom stereocenters. The Hall–Kier alpha value is -2.60.